The molecule has 1 aromatic carbocycles. The molecule has 0 heterocycles. The van der Waals surface area contributed by atoms with Crippen LogP contribution in [0.3, 0.4) is 0 Å². The molecule has 82 valence electrons. The highest BCUT2D eigenvalue weighted by Gasteiger charge is 2.07. The minimum atomic E-state index is -0.769. The molecule has 0 radical (unpaired) electrons. The van der Waals surface area contributed by atoms with Crippen LogP contribution in [0.4, 0.5) is 0 Å². The number of aliphatic hydroxyl groups excluding tert-OH is 2. The zero-order valence-corrected chi connectivity index (χ0v) is 8.60. The second kappa shape index (κ2) is 5.48. The van der Waals surface area contributed by atoms with Crippen molar-refractivity contribution < 1.29 is 14.9 Å². The lowest BCUT2D eigenvalue weighted by atomic mass is 10.1. The lowest BCUT2D eigenvalue weighted by Crippen LogP contribution is -2.15. The summed E-state index contributed by atoms with van der Waals surface area (Å²) in [6, 6.07) is 6.84. The Morgan fingerprint density at radius 3 is 2.47 bits per heavy atom. The number of benzene rings is 1. The first-order valence-electron chi connectivity index (χ1n) is 4.75. The fraction of sp³-hybridized carbons (Fsp3) is 0.364. The summed E-state index contributed by atoms with van der Waals surface area (Å²) in [6.45, 7) is 1.79. The Morgan fingerprint density at radius 1 is 1.40 bits per heavy atom. The van der Waals surface area contributed by atoms with Crippen molar-refractivity contribution in [3.63, 3.8) is 0 Å². The molecular weight excluding hydrogens is 194 g/mol. The molecule has 0 spiro atoms. The molecule has 0 amide bonds. The smallest absolute Gasteiger partial charge is 0.119 e. The summed E-state index contributed by atoms with van der Waals surface area (Å²) in [4.78, 5) is 0. The number of hydrogen-bond acceptors (Lipinski definition) is 4. The molecule has 4 heteroatoms. The van der Waals surface area contributed by atoms with E-state index in [0.717, 1.165) is 0 Å². The van der Waals surface area contributed by atoms with Gasteiger partial charge in [0.15, 0.2) is 0 Å². The van der Waals surface area contributed by atoms with Gasteiger partial charge in [0.2, 0.25) is 0 Å². The van der Waals surface area contributed by atoms with Crippen molar-refractivity contribution in [1.29, 1.82) is 5.41 Å². The fourth-order valence-corrected chi connectivity index (χ4v) is 1.14. The van der Waals surface area contributed by atoms with Crippen molar-refractivity contribution in [1.82, 2.24) is 0 Å². The molecule has 0 aliphatic rings. The normalized spacial score (nSPS) is 12.2. The van der Waals surface area contributed by atoms with Gasteiger partial charge in [0.25, 0.3) is 0 Å². The summed E-state index contributed by atoms with van der Waals surface area (Å²) >= 11 is 0. The van der Waals surface area contributed by atoms with E-state index >= 15 is 0 Å². The van der Waals surface area contributed by atoms with E-state index in [1.54, 1.807) is 31.2 Å². The highest BCUT2D eigenvalue weighted by Crippen LogP contribution is 2.13. The van der Waals surface area contributed by atoms with Gasteiger partial charge < -0.3 is 20.4 Å². The third-order valence-corrected chi connectivity index (χ3v) is 1.94. The first kappa shape index (κ1) is 11.7. The van der Waals surface area contributed by atoms with Crippen LogP contribution >= 0.6 is 0 Å². The van der Waals surface area contributed by atoms with Gasteiger partial charge in [-0.1, -0.05) is 0 Å². The second-order valence-corrected chi connectivity index (χ2v) is 3.19. The Balaban J connectivity index is 2.68. The lowest BCUT2D eigenvalue weighted by molar-refractivity contribution is 0.201. The summed E-state index contributed by atoms with van der Waals surface area (Å²) in [7, 11) is 0. The zero-order valence-electron chi connectivity index (χ0n) is 8.60. The minimum Gasteiger partial charge on any atom is -0.491 e. The quantitative estimate of drug-likeness (QED) is 0.628. The van der Waals surface area contributed by atoms with Gasteiger partial charge in [-0.05, 0) is 36.8 Å². The predicted molar refractivity (Wildman–Crippen MR) is 57.5 cm³/mol. The van der Waals surface area contributed by atoms with Crippen LogP contribution < -0.4 is 4.74 Å². The van der Waals surface area contributed by atoms with Crippen LogP contribution in [0.15, 0.2) is 24.3 Å². The van der Waals surface area contributed by atoms with Crippen LogP contribution in [0.25, 0.3) is 0 Å². The van der Waals surface area contributed by atoms with Gasteiger partial charge in [0, 0.05) is 0 Å². The first-order chi connectivity index (χ1) is 7.15. The van der Waals surface area contributed by atoms with Crippen LogP contribution in [0.1, 0.15) is 12.5 Å². The van der Waals surface area contributed by atoms with Crippen molar-refractivity contribution in [2.45, 2.75) is 13.0 Å². The highest BCUT2D eigenvalue weighted by atomic mass is 16.5. The Hall–Kier alpha value is -1.39. The van der Waals surface area contributed by atoms with Crippen molar-refractivity contribution in [3.05, 3.63) is 29.8 Å². The Bertz CT molecular complexity index is 319. The third kappa shape index (κ3) is 3.34. The van der Waals surface area contributed by atoms with Crippen molar-refractivity contribution in [2.75, 3.05) is 13.2 Å². The van der Waals surface area contributed by atoms with Gasteiger partial charge in [-0.2, -0.15) is 0 Å². The van der Waals surface area contributed by atoms with E-state index in [1.165, 1.54) is 0 Å². The third-order valence-electron chi connectivity index (χ3n) is 1.94. The second-order valence-electron chi connectivity index (χ2n) is 3.19. The predicted octanol–water partition coefficient (Wildman–Crippen LogP) is 0.806. The molecule has 15 heavy (non-hydrogen) atoms. The summed E-state index contributed by atoms with van der Waals surface area (Å²) in [6.07, 6.45) is -0.769. The molecule has 3 N–H and O–H groups in total. The van der Waals surface area contributed by atoms with Gasteiger partial charge in [-0.25, -0.2) is 0 Å². The molecule has 4 nitrogen and oxygen atoms in total. The zero-order chi connectivity index (χ0) is 11.3. The van der Waals surface area contributed by atoms with Crippen LogP contribution in [0.5, 0.6) is 5.75 Å². The average molecular weight is 209 g/mol. The Kier molecular flexibility index (Phi) is 4.27. The van der Waals surface area contributed by atoms with Gasteiger partial charge in [-0.15, -0.1) is 0 Å². The summed E-state index contributed by atoms with van der Waals surface area (Å²) in [5.41, 5.74) is 0.852. The number of aliphatic hydroxyl groups is 2. The number of nitrogens with one attached hydrogen (secondary N) is 1. The molecule has 0 aromatic heterocycles. The molecule has 0 bridgehead atoms. The van der Waals surface area contributed by atoms with Crippen LogP contribution in [0.2, 0.25) is 0 Å². The largest absolute Gasteiger partial charge is 0.491 e. The fourth-order valence-electron chi connectivity index (χ4n) is 1.14. The van der Waals surface area contributed by atoms with E-state index in [-0.39, 0.29) is 18.9 Å². The monoisotopic (exact) mass is 209 g/mol. The maximum atomic E-state index is 9.20. The summed E-state index contributed by atoms with van der Waals surface area (Å²) < 4.78 is 5.17. The van der Waals surface area contributed by atoms with E-state index in [1.807, 2.05) is 0 Å². The van der Waals surface area contributed by atoms with Gasteiger partial charge in [-0.3, -0.25) is 0 Å². The Labute approximate surface area is 88.6 Å². The number of hydrogen-bond donors (Lipinski definition) is 3. The van der Waals surface area contributed by atoms with Gasteiger partial charge >= 0.3 is 0 Å². The topological polar surface area (TPSA) is 73.5 Å². The number of rotatable bonds is 5. The van der Waals surface area contributed by atoms with E-state index in [9.17, 15) is 5.11 Å². The lowest BCUT2D eigenvalue weighted by Gasteiger charge is -2.08. The summed E-state index contributed by atoms with van der Waals surface area (Å²) in [5, 5.41) is 25.3. The van der Waals surface area contributed by atoms with Crippen molar-refractivity contribution in [3.8, 4) is 5.75 Å². The molecule has 1 atom stereocenters. The van der Waals surface area contributed by atoms with Crippen LogP contribution in [-0.2, 0) is 0 Å². The summed E-state index contributed by atoms with van der Waals surface area (Å²) in [5.74, 6) is 0.645. The van der Waals surface area contributed by atoms with Gasteiger partial charge in [0.1, 0.15) is 12.4 Å². The molecule has 0 saturated carbocycles. The van der Waals surface area contributed by atoms with E-state index < -0.39 is 6.10 Å². The standard InChI is InChI=1S/C11H15NO3/c1-8(14)11(12)9-2-4-10(5-3-9)15-7-6-13/h2-5,8,12-14H,6-7H2,1H3. The molecule has 0 aliphatic carbocycles. The number of ether oxygens (including phenoxy) is 1. The van der Waals surface area contributed by atoms with Crippen LogP contribution in [-0.4, -0.2) is 35.2 Å². The SMILES string of the molecule is CC(O)C(=N)c1ccc(OCCO)cc1. The maximum Gasteiger partial charge on any atom is 0.119 e. The average Bonchev–Trinajstić information content (AvgIpc) is 2.26. The highest BCUT2D eigenvalue weighted by molar-refractivity contribution is 6.01. The van der Waals surface area contributed by atoms with Crippen molar-refractivity contribution >= 4 is 5.71 Å². The Morgan fingerprint density at radius 2 is 2.00 bits per heavy atom. The van der Waals surface area contributed by atoms with Crippen molar-refractivity contribution in [2.24, 2.45) is 0 Å². The molecule has 1 aromatic rings. The first-order valence-corrected chi connectivity index (χ1v) is 4.75. The van der Waals surface area contributed by atoms with Gasteiger partial charge in [0.05, 0.1) is 18.4 Å². The molecule has 0 aliphatic heterocycles. The molecule has 1 unspecified atom stereocenters. The maximum absolute atomic E-state index is 9.20. The minimum absolute atomic E-state index is 0.0226. The molecule has 0 fully saturated rings. The van der Waals surface area contributed by atoms with E-state index in [0.29, 0.717) is 11.3 Å². The van der Waals surface area contributed by atoms with E-state index in [4.69, 9.17) is 15.3 Å². The van der Waals surface area contributed by atoms with Crippen LogP contribution in [0, 0.1) is 5.41 Å². The molecule has 0 saturated heterocycles. The van der Waals surface area contributed by atoms with E-state index in [2.05, 4.69) is 0 Å². The molecular formula is C11H15NO3. The molecule has 1 rings (SSSR count).